The number of carbonyl (C=O) groups excluding carboxylic acids is 2. The number of para-hydroxylation sites is 1. The number of halogens is 1. The predicted molar refractivity (Wildman–Crippen MR) is 93.4 cm³/mol. The lowest BCUT2D eigenvalue weighted by Crippen LogP contribution is -2.34. The summed E-state index contributed by atoms with van der Waals surface area (Å²) in [5, 5.41) is 5.56. The molecule has 2 aromatic carbocycles. The molecule has 2 N–H and O–H groups in total. The second-order valence-electron chi connectivity index (χ2n) is 6.17. The van der Waals surface area contributed by atoms with Crippen LogP contribution in [-0.4, -0.2) is 29.9 Å². The van der Waals surface area contributed by atoms with Gasteiger partial charge < -0.3 is 15.5 Å². The van der Waals surface area contributed by atoms with Crippen molar-refractivity contribution < 1.29 is 14.0 Å². The van der Waals surface area contributed by atoms with Gasteiger partial charge in [0, 0.05) is 37.7 Å². The summed E-state index contributed by atoms with van der Waals surface area (Å²) in [6.07, 6.45) is 0.410. The minimum atomic E-state index is -0.289. The molecule has 0 aromatic heterocycles. The number of hydrogen-bond acceptors (Lipinski definition) is 2. The zero-order valence-electron chi connectivity index (χ0n) is 13.7. The molecule has 6 heteroatoms. The van der Waals surface area contributed by atoms with Gasteiger partial charge in [0.15, 0.2) is 0 Å². The SMILES string of the molecule is O=C(NC[C@H]1CC(=O)N(Cc2ccc(F)cc2)C1)Nc1ccccc1. The maximum Gasteiger partial charge on any atom is 0.319 e. The van der Waals surface area contributed by atoms with Crippen molar-refractivity contribution in [2.45, 2.75) is 13.0 Å². The standard InChI is InChI=1S/C19H20FN3O2/c20-16-8-6-14(7-9-16)12-23-13-15(10-18(23)24)11-21-19(25)22-17-4-2-1-3-5-17/h1-9,15H,10-13H2,(H2,21,22,25)/t15-/m1/s1. The molecule has 0 spiro atoms. The number of likely N-dealkylation sites (tertiary alicyclic amines) is 1. The van der Waals surface area contributed by atoms with Gasteiger partial charge in [0.05, 0.1) is 0 Å². The van der Waals surface area contributed by atoms with Crippen LogP contribution in [0.15, 0.2) is 54.6 Å². The van der Waals surface area contributed by atoms with Crippen LogP contribution in [0.5, 0.6) is 0 Å². The summed E-state index contributed by atoms with van der Waals surface area (Å²) in [7, 11) is 0. The molecule has 1 aliphatic rings. The summed E-state index contributed by atoms with van der Waals surface area (Å²) in [6.45, 7) is 1.48. The van der Waals surface area contributed by atoms with E-state index in [2.05, 4.69) is 10.6 Å². The zero-order chi connectivity index (χ0) is 17.6. The molecule has 1 saturated heterocycles. The van der Waals surface area contributed by atoms with Crippen LogP contribution in [0.25, 0.3) is 0 Å². The van der Waals surface area contributed by atoms with Crippen molar-refractivity contribution in [2.75, 3.05) is 18.4 Å². The number of amides is 3. The molecule has 130 valence electrons. The van der Waals surface area contributed by atoms with Gasteiger partial charge in [-0.1, -0.05) is 30.3 Å². The first-order valence-corrected chi connectivity index (χ1v) is 8.22. The Balaban J connectivity index is 1.46. The quantitative estimate of drug-likeness (QED) is 0.878. The highest BCUT2D eigenvalue weighted by Gasteiger charge is 2.29. The van der Waals surface area contributed by atoms with Gasteiger partial charge >= 0.3 is 6.03 Å². The van der Waals surface area contributed by atoms with Gasteiger partial charge in [-0.3, -0.25) is 4.79 Å². The van der Waals surface area contributed by atoms with E-state index < -0.39 is 0 Å². The number of urea groups is 1. The van der Waals surface area contributed by atoms with Gasteiger partial charge in [0.2, 0.25) is 5.91 Å². The Kier molecular flexibility index (Phi) is 5.28. The fourth-order valence-electron chi connectivity index (χ4n) is 2.89. The molecule has 1 atom stereocenters. The van der Waals surface area contributed by atoms with E-state index >= 15 is 0 Å². The largest absolute Gasteiger partial charge is 0.338 e. The first-order chi connectivity index (χ1) is 12.1. The topological polar surface area (TPSA) is 61.4 Å². The first kappa shape index (κ1) is 17.0. The fourth-order valence-corrected chi connectivity index (χ4v) is 2.89. The molecule has 5 nitrogen and oxygen atoms in total. The van der Waals surface area contributed by atoms with Gasteiger partial charge in [0.25, 0.3) is 0 Å². The average molecular weight is 341 g/mol. The third-order valence-corrected chi connectivity index (χ3v) is 4.16. The Hall–Kier alpha value is -2.89. The first-order valence-electron chi connectivity index (χ1n) is 8.22. The summed E-state index contributed by atoms with van der Waals surface area (Å²) >= 11 is 0. The lowest BCUT2D eigenvalue weighted by atomic mass is 10.1. The second kappa shape index (κ2) is 7.79. The molecule has 1 fully saturated rings. The molecule has 1 heterocycles. The van der Waals surface area contributed by atoms with Crippen LogP contribution >= 0.6 is 0 Å². The number of benzene rings is 2. The van der Waals surface area contributed by atoms with E-state index in [9.17, 15) is 14.0 Å². The van der Waals surface area contributed by atoms with Crippen molar-refractivity contribution in [1.29, 1.82) is 0 Å². The summed E-state index contributed by atoms with van der Waals surface area (Å²) < 4.78 is 12.9. The number of nitrogens with zero attached hydrogens (tertiary/aromatic N) is 1. The Bertz CT molecular complexity index is 734. The maximum atomic E-state index is 12.9. The van der Waals surface area contributed by atoms with E-state index in [1.807, 2.05) is 30.3 Å². The van der Waals surface area contributed by atoms with Crippen molar-refractivity contribution >= 4 is 17.6 Å². The highest BCUT2D eigenvalue weighted by atomic mass is 19.1. The molecule has 0 bridgehead atoms. The number of carbonyl (C=O) groups is 2. The van der Waals surface area contributed by atoms with E-state index in [0.29, 0.717) is 26.1 Å². The minimum absolute atomic E-state index is 0.0552. The van der Waals surface area contributed by atoms with Crippen molar-refractivity contribution in [1.82, 2.24) is 10.2 Å². The van der Waals surface area contributed by atoms with Crippen LogP contribution in [0.3, 0.4) is 0 Å². The van der Waals surface area contributed by atoms with Crippen LogP contribution in [0.2, 0.25) is 0 Å². The van der Waals surface area contributed by atoms with Gasteiger partial charge in [0.1, 0.15) is 5.82 Å². The van der Waals surface area contributed by atoms with Crippen LogP contribution in [-0.2, 0) is 11.3 Å². The van der Waals surface area contributed by atoms with Gasteiger partial charge in [-0.15, -0.1) is 0 Å². The molecular weight excluding hydrogens is 321 g/mol. The molecule has 2 aromatic rings. The Morgan fingerprint density at radius 2 is 1.84 bits per heavy atom. The molecule has 1 aliphatic heterocycles. The predicted octanol–water partition coefficient (Wildman–Crippen LogP) is 3.00. The van der Waals surface area contributed by atoms with Crippen molar-refractivity contribution in [3.8, 4) is 0 Å². The number of hydrogen-bond donors (Lipinski definition) is 2. The monoisotopic (exact) mass is 341 g/mol. The lowest BCUT2D eigenvalue weighted by molar-refractivity contribution is -0.128. The molecule has 25 heavy (non-hydrogen) atoms. The second-order valence-corrected chi connectivity index (χ2v) is 6.17. The summed E-state index contributed by atoms with van der Waals surface area (Å²) in [5.74, 6) is -0.155. The summed E-state index contributed by atoms with van der Waals surface area (Å²) in [6, 6.07) is 15.1. The Morgan fingerprint density at radius 1 is 1.12 bits per heavy atom. The molecule has 3 amide bonds. The fraction of sp³-hybridized carbons (Fsp3) is 0.263. The third-order valence-electron chi connectivity index (χ3n) is 4.16. The zero-order valence-corrected chi connectivity index (χ0v) is 13.7. The van der Waals surface area contributed by atoms with Crippen LogP contribution < -0.4 is 10.6 Å². The Morgan fingerprint density at radius 3 is 2.56 bits per heavy atom. The van der Waals surface area contributed by atoms with E-state index in [1.54, 1.807) is 17.0 Å². The van der Waals surface area contributed by atoms with Gasteiger partial charge in [-0.25, -0.2) is 9.18 Å². The highest BCUT2D eigenvalue weighted by Crippen LogP contribution is 2.20. The summed E-state index contributed by atoms with van der Waals surface area (Å²) in [4.78, 5) is 25.8. The van der Waals surface area contributed by atoms with Crippen LogP contribution in [0, 0.1) is 11.7 Å². The van der Waals surface area contributed by atoms with Crippen LogP contribution in [0.4, 0.5) is 14.9 Å². The number of rotatable bonds is 5. The Labute approximate surface area is 145 Å². The molecule has 0 aliphatic carbocycles. The smallest absolute Gasteiger partial charge is 0.319 e. The highest BCUT2D eigenvalue weighted by molar-refractivity contribution is 5.89. The third kappa shape index (κ3) is 4.79. The number of nitrogens with one attached hydrogen (secondary N) is 2. The van der Waals surface area contributed by atoms with Crippen LogP contribution in [0.1, 0.15) is 12.0 Å². The van der Waals surface area contributed by atoms with E-state index in [-0.39, 0.29) is 23.7 Å². The van der Waals surface area contributed by atoms with Gasteiger partial charge in [-0.05, 0) is 29.8 Å². The van der Waals surface area contributed by atoms with E-state index in [4.69, 9.17) is 0 Å². The molecular formula is C19H20FN3O2. The van der Waals surface area contributed by atoms with E-state index in [1.165, 1.54) is 12.1 Å². The van der Waals surface area contributed by atoms with Crippen molar-refractivity contribution in [3.63, 3.8) is 0 Å². The lowest BCUT2D eigenvalue weighted by Gasteiger charge is -2.17. The number of anilines is 1. The van der Waals surface area contributed by atoms with E-state index in [0.717, 1.165) is 11.3 Å². The maximum absolute atomic E-state index is 12.9. The summed E-state index contributed by atoms with van der Waals surface area (Å²) in [5.41, 5.74) is 1.62. The average Bonchev–Trinajstić information content (AvgIpc) is 2.96. The normalized spacial score (nSPS) is 16.8. The molecule has 0 unspecified atom stereocenters. The van der Waals surface area contributed by atoms with Crippen molar-refractivity contribution in [3.05, 3.63) is 66.0 Å². The molecule has 3 rings (SSSR count). The van der Waals surface area contributed by atoms with Gasteiger partial charge in [-0.2, -0.15) is 0 Å². The molecule has 0 saturated carbocycles. The van der Waals surface area contributed by atoms with Crippen molar-refractivity contribution in [2.24, 2.45) is 5.92 Å². The minimum Gasteiger partial charge on any atom is -0.338 e. The molecule has 0 radical (unpaired) electrons.